The van der Waals surface area contributed by atoms with E-state index in [2.05, 4.69) is 236 Å². The summed E-state index contributed by atoms with van der Waals surface area (Å²) in [5.41, 5.74) is 25.1. The molecule has 1 unspecified atom stereocenters. The van der Waals surface area contributed by atoms with E-state index in [1.807, 2.05) is 0 Å². The van der Waals surface area contributed by atoms with Crippen LogP contribution >= 0.6 is 0 Å². The van der Waals surface area contributed by atoms with Gasteiger partial charge >= 0.3 is 0 Å². The van der Waals surface area contributed by atoms with Gasteiger partial charge in [0.25, 0.3) is 0 Å². The van der Waals surface area contributed by atoms with Crippen LogP contribution in [0.15, 0.2) is 212 Å². The third-order valence-electron chi connectivity index (χ3n) is 13.0. The zero-order valence-corrected chi connectivity index (χ0v) is 35.0. The highest BCUT2D eigenvalue weighted by molar-refractivity contribution is 6.10. The summed E-state index contributed by atoms with van der Waals surface area (Å²) in [5.74, 6) is 0. The Morgan fingerprint density at radius 3 is 2.06 bits per heavy atom. The standard InChI is InChI=1S/C59H47N3/c1-59(2)52-28-15-27-48(58(52)51-34-41-18-9-10-19-42(41)35-53(51)59)44-21-14-23-46(33-44)55(61-38-39-16-5-3-6-17-39)37-54(60)45-22-13-20-40(32-45)43-30-31-50-49-26-11-12-29-56(49)62(57(50)36-43)47-24-7-4-8-25-47/h3-37,54,61H,38,60H2,1-2H3/b55-37-. The van der Waals surface area contributed by atoms with E-state index in [9.17, 15) is 0 Å². The highest BCUT2D eigenvalue weighted by atomic mass is 15.0. The molecule has 11 rings (SSSR count). The topological polar surface area (TPSA) is 43.0 Å². The number of nitrogens with two attached hydrogens (primary N) is 1. The largest absolute Gasteiger partial charge is 0.381 e. The van der Waals surface area contributed by atoms with Gasteiger partial charge in [-0.15, -0.1) is 0 Å². The first-order valence-electron chi connectivity index (χ1n) is 21.6. The first-order chi connectivity index (χ1) is 30.4. The van der Waals surface area contributed by atoms with Crippen molar-refractivity contribution >= 4 is 38.3 Å². The number of rotatable bonds is 9. The maximum Gasteiger partial charge on any atom is 0.0547 e. The summed E-state index contributed by atoms with van der Waals surface area (Å²) in [7, 11) is 0. The van der Waals surface area contributed by atoms with Gasteiger partial charge in [0.05, 0.1) is 17.1 Å². The molecule has 10 aromatic rings. The molecule has 1 aromatic heterocycles. The minimum absolute atomic E-state index is 0.113. The molecule has 0 fully saturated rings. The van der Waals surface area contributed by atoms with E-state index >= 15 is 0 Å². The van der Waals surface area contributed by atoms with E-state index in [4.69, 9.17) is 5.73 Å². The molecule has 0 saturated carbocycles. The summed E-state index contributed by atoms with van der Waals surface area (Å²) >= 11 is 0. The Labute approximate surface area is 363 Å². The van der Waals surface area contributed by atoms with Crippen LogP contribution in [-0.2, 0) is 12.0 Å². The van der Waals surface area contributed by atoms with E-state index in [1.54, 1.807) is 0 Å². The Morgan fingerprint density at radius 2 is 1.23 bits per heavy atom. The minimum Gasteiger partial charge on any atom is -0.381 e. The first kappa shape index (κ1) is 37.5. The van der Waals surface area contributed by atoms with E-state index in [0.717, 1.165) is 33.6 Å². The smallest absolute Gasteiger partial charge is 0.0547 e. The van der Waals surface area contributed by atoms with Crippen LogP contribution in [0.25, 0.3) is 77.3 Å². The lowest BCUT2D eigenvalue weighted by Crippen LogP contribution is -2.16. The van der Waals surface area contributed by atoms with Crippen LogP contribution in [0.3, 0.4) is 0 Å². The van der Waals surface area contributed by atoms with E-state index < -0.39 is 0 Å². The third-order valence-corrected chi connectivity index (χ3v) is 13.0. The van der Waals surface area contributed by atoms with Gasteiger partial charge in [0, 0.05) is 34.1 Å². The van der Waals surface area contributed by atoms with Crippen molar-refractivity contribution in [1.82, 2.24) is 9.88 Å². The molecule has 0 spiro atoms. The first-order valence-corrected chi connectivity index (χ1v) is 21.6. The van der Waals surface area contributed by atoms with Crippen LogP contribution in [0.2, 0.25) is 0 Å². The normalized spacial score (nSPS) is 13.6. The molecule has 0 amide bonds. The third kappa shape index (κ3) is 6.50. The van der Waals surface area contributed by atoms with Crippen molar-refractivity contribution in [1.29, 1.82) is 0 Å². The summed E-state index contributed by atoms with van der Waals surface area (Å²) in [6.07, 6.45) is 2.19. The molecule has 1 heterocycles. The highest BCUT2D eigenvalue weighted by Crippen LogP contribution is 2.53. The van der Waals surface area contributed by atoms with Crippen molar-refractivity contribution in [2.24, 2.45) is 5.73 Å². The Balaban J connectivity index is 0.980. The van der Waals surface area contributed by atoms with Crippen LogP contribution < -0.4 is 11.1 Å². The van der Waals surface area contributed by atoms with Gasteiger partial charge in [0.1, 0.15) is 0 Å². The Hall–Kier alpha value is -7.46. The average Bonchev–Trinajstić information content (AvgIpc) is 3.77. The summed E-state index contributed by atoms with van der Waals surface area (Å²) in [6.45, 7) is 5.40. The van der Waals surface area contributed by atoms with Crippen molar-refractivity contribution < 1.29 is 0 Å². The van der Waals surface area contributed by atoms with Gasteiger partial charge in [-0.25, -0.2) is 0 Å². The summed E-state index contributed by atoms with van der Waals surface area (Å²) in [4.78, 5) is 0. The Morgan fingerprint density at radius 1 is 0.548 bits per heavy atom. The van der Waals surface area contributed by atoms with Crippen LogP contribution in [0.4, 0.5) is 0 Å². The molecule has 9 aromatic carbocycles. The number of para-hydroxylation sites is 2. The lowest BCUT2D eigenvalue weighted by atomic mass is 9.81. The molecule has 3 nitrogen and oxygen atoms in total. The minimum atomic E-state index is -0.363. The van der Waals surface area contributed by atoms with E-state index in [0.29, 0.717) is 6.54 Å². The van der Waals surface area contributed by atoms with Crippen molar-refractivity contribution in [3.8, 4) is 39.1 Å². The molecule has 0 aliphatic heterocycles. The van der Waals surface area contributed by atoms with Crippen LogP contribution in [0, 0.1) is 0 Å². The van der Waals surface area contributed by atoms with Crippen LogP contribution in [-0.4, -0.2) is 4.57 Å². The SMILES string of the molecule is CC1(C)c2cc3ccccc3cc2-c2c(-c3cccc(/C(=C/C(N)c4cccc(-c5ccc6c7ccccc7n(-c7ccccc7)c6c5)c4)NCc4ccccc4)c3)cccc21. The lowest BCUT2D eigenvalue weighted by molar-refractivity contribution is 0.661. The number of nitrogens with zero attached hydrogens (tertiary/aromatic N) is 1. The van der Waals surface area contributed by atoms with E-state index in [-0.39, 0.29) is 11.5 Å². The average molecular weight is 798 g/mol. The maximum absolute atomic E-state index is 7.22. The number of benzene rings is 9. The fourth-order valence-corrected chi connectivity index (χ4v) is 9.82. The molecule has 62 heavy (non-hydrogen) atoms. The number of hydrogen-bond acceptors (Lipinski definition) is 2. The molecule has 0 radical (unpaired) electrons. The molecular weight excluding hydrogens is 751 g/mol. The van der Waals surface area contributed by atoms with Crippen LogP contribution in [0.1, 0.15) is 47.7 Å². The Kier molecular flexibility index (Phi) is 9.21. The molecule has 0 bridgehead atoms. The zero-order chi connectivity index (χ0) is 41.8. The summed E-state index contributed by atoms with van der Waals surface area (Å²) < 4.78 is 2.37. The molecule has 0 saturated heterocycles. The van der Waals surface area contributed by atoms with Gasteiger partial charge in [-0.1, -0.05) is 172 Å². The maximum atomic E-state index is 7.22. The lowest BCUT2D eigenvalue weighted by Gasteiger charge is -2.22. The molecule has 3 N–H and O–H groups in total. The Bertz CT molecular complexity index is 3340. The second-order valence-electron chi connectivity index (χ2n) is 17.2. The number of hydrogen-bond donors (Lipinski definition) is 2. The number of aromatic nitrogens is 1. The van der Waals surface area contributed by atoms with Gasteiger partial charge in [0.2, 0.25) is 0 Å². The summed E-state index contributed by atoms with van der Waals surface area (Å²) in [5, 5.41) is 8.85. The molecule has 1 aliphatic rings. The quantitative estimate of drug-likeness (QED) is 0.153. The molecule has 1 atom stereocenters. The van der Waals surface area contributed by atoms with Crippen molar-refractivity contribution in [2.45, 2.75) is 31.8 Å². The number of nitrogens with one attached hydrogen (secondary N) is 1. The number of fused-ring (bicyclic) bond motifs is 7. The second-order valence-corrected chi connectivity index (χ2v) is 17.2. The second kappa shape index (κ2) is 15.2. The predicted molar refractivity (Wildman–Crippen MR) is 261 cm³/mol. The highest BCUT2D eigenvalue weighted by Gasteiger charge is 2.37. The zero-order valence-electron chi connectivity index (χ0n) is 35.0. The van der Waals surface area contributed by atoms with Gasteiger partial charge < -0.3 is 15.6 Å². The van der Waals surface area contributed by atoms with Gasteiger partial charge in [-0.3, -0.25) is 0 Å². The van der Waals surface area contributed by atoms with Crippen molar-refractivity contribution in [3.63, 3.8) is 0 Å². The summed E-state index contributed by atoms with van der Waals surface area (Å²) in [6, 6.07) is 74.3. The van der Waals surface area contributed by atoms with Gasteiger partial charge in [-0.2, -0.15) is 0 Å². The van der Waals surface area contributed by atoms with Crippen molar-refractivity contribution in [3.05, 3.63) is 240 Å². The molecule has 1 aliphatic carbocycles. The fraction of sp³-hybridized carbons (Fsp3) is 0.0847. The fourth-order valence-electron chi connectivity index (χ4n) is 9.82. The van der Waals surface area contributed by atoms with E-state index in [1.165, 1.54) is 71.5 Å². The van der Waals surface area contributed by atoms with Gasteiger partial charge in [-0.05, 0) is 127 Å². The molecular formula is C59H47N3. The predicted octanol–water partition coefficient (Wildman–Crippen LogP) is 14.4. The molecule has 3 heteroatoms. The van der Waals surface area contributed by atoms with Crippen LogP contribution in [0.5, 0.6) is 0 Å². The molecule has 298 valence electrons. The van der Waals surface area contributed by atoms with Gasteiger partial charge in [0.15, 0.2) is 0 Å². The van der Waals surface area contributed by atoms with Crippen molar-refractivity contribution in [2.75, 3.05) is 0 Å². The monoisotopic (exact) mass is 797 g/mol.